The zero-order chi connectivity index (χ0) is 14.0. The maximum atomic E-state index is 6.16. The molecule has 0 spiro atoms. The lowest BCUT2D eigenvalue weighted by Crippen LogP contribution is -2.21. The molecule has 0 bridgehead atoms. The molecule has 1 nitrogen and oxygen atoms in total. The van der Waals surface area contributed by atoms with Crippen LogP contribution >= 0.6 is 54.8 Å². The number of halogens is 3. The number of hydrogen-bond donors (Lipinski definition) is 1. The average molecular weight is 424 g/mol. The van der Waals surface area contributed by atoms with E-state index < -0.39 is 0 Å². The van der Waals surface area contributed by atoms with E-state index in [1.54, 1.807) is 11.3 Å². The van der Waals surface area contributed by atoms with Crippen LogP contribution in [0.4, 0.5) is 0 Å². The molecule has 0 aliphatic carbocycles. The van der Waals surface area contributed by atoms with E-state index >= 15 is 0 Å². The van der Waals surface area contributed by atoms with Gasteiger partial charge in [0.2, 0.25) is 0 Å². The Balaban J connectivity index is 2.48. The van der Waals surface area contributed by atoms with Crippen molar-refractivity contribution in [3.05, 3.63) is 53.6 Å². The van der Waals surface area contributed by atoms with E-state index in [-0.39, 0.29) is 6.04 Å². The Morgan fingerprint density at radius 3 is 2.68 bits per heavy atom. The number of benzene rings is 1. The Kier molecular flexibility index (Phi) is 5.49. The van der Waals surface area contributed by atoms with Gasteiger partial charge in [-0.3, -0.25) is 0 Å². The number of hydrogen-bond acceptors (Lipinski definition) is 2. The topological polar surface area (TPSA) is 12.0 Å². The van der Waals surface area contributed by atoms with E-state index in [0.717, 1.165) is 19.8 Å². The Morgan fingerprint density at radius 1 is 1.37 bits per heavy atom. The van der Waals surface area contributed by atoms with E-state index in [4.69, 9.17) is 11.6 Å². The van der Waals surface area contributed by atoms with Crippen molar-refractivity contribution in [1.82, 2.24) is 5.32 Å². The maximum absolute atomic E-state index is 6.16. The van der Waals surface area contributed by atoms with Crippen LogP contribution in [-0.4, -0.2) is 6.54 Å². The van der Waals surface area contributed by atoms with Crippen LogP contribution in [0.25, 0.3) is 0 Å². The summed E-state index contributed by atoms with van der Waals surface area (Å²) in [5.74, 6) is 0. The third-order valence-corrected chi connectivity index (χ3v) is 6.51. The van der Waals surface area contributed by atoms with Crippen molar-refractivity contribution in [3.8, 4) is 0 Å². The molecule has 2 rings (SSSR count). The molecule has 2 aromatic rings. The largest absolute Gasteiger partial charge is 0.306 e. The summed E-state index contributed by atoms with van der Waals surface area (Å²) < 4.78 is 2.14. The van der Waals surface area contributed by atoms with E-state index in [2.05, 4.69) is 69.2 Å². The van der Waals surface area contributed by atoms with Crippen LogP contribution in [0.1, 0.15) is 29.0 Å². The molecule has 1 unspecified atom stereocenters. The minimum atomic E-state index is 0.160. The Hall–Kier alpha value is 0.130. The number of nitrogens with one attached hydrogen (secondary N) is 1. The summed E-state index contributed by atoms with van der Waals surface area (Å²) >= 11 is 15.0. The molecular formula is C14H14Br2ClNS. The zero-order valence-electron chi connectivity index (χ0n) is 10.6. The van der Waals surface area contributed by atoms with Crippen LogP contribution in [0.3, 0.4) is 0 Å². The average Bonchev–Trinajstić information content (AvgIpc) is 2.70. The second-order valence-electron chi connectivity index (χ2n) is 4.24. The Bertz CT molecular complexity index is 563. The highest BCUT2D eigenvalue weighted by Crippen LogP contribution is 2.39. The van der Waals surface area contributed by atoms with Gasteiger partial charge in [-0.15, -0.1) is 11.3 Å². The summed E-state index contributed by atoms with van der Waals surface area (Å²) in [7, 11) is 0. The van der Waals surface area contributed by atoms with Gasteiger partial charge in [-0.2, -0.15) is 0 Å². The van der Waals surface area contributed by atoms with Gasteiger partial charge >= 0.3 is 0 Å². The van der Waals surface area contributed by atoms with Crippen LogP contribution in [0, 0.1) is 6.92 Å². The summed E-state index contributed by atoms with van der Waals surface area (Å²) in [6.45, 7) is 5.12. The molecule has 0 saturated carbocycles. The predicted octanol–water partition coefficient (Wildman–Crippen LogP) is 5.93. The first-order chi connectivity index (χ1) is 9.04. The fourth-order valence-electron chi connectivity index (χ4n) is 1.97. The van der Waals surface area contributed by atoms with Gasteiger partial charge in [-0.1, -0.05) is 52.7 Å². The first-order valence-corrected chi connectivity index (χ1v) is 8.75. The highest BCUT2D eigenvalue weighted by Gasteiger charge is 2.19. The fraction of sp³-hybridized carbons (Fsp3) is 0.286. The second kappa shape index (κ2) is 6.72. The van der Waals surface area contributed by atoms with Crippen molar-refractivity contribution in [1.29, 1.82) is 0 Å². The molecule has 5 heteroatoms. The van der Waals surface area contributed by atoms with Crippen LogP contribution in [0.2, 0.25) is 5.02 Å². The van der Waals surface area contributed by atoms with Crippen molar-refractivity contribution < 1.29 is 0 Å². The third-order valence-electron chi connectivity index (χ3n) is 2.89. The standard InChI is InChI=1S/C14H14Br2ClNS/c1-3-18-13(11-7-10(17)14(16)19-11)9-6-4-5-8(2)12(9)15/h4-7,13,18H,3H2,1-2H3. The highest BCUT2D eigenvalue weighted by atomic mass is 79.9. The van der Waals surface area contributed by atoms with Gasteiger partial charge in [0.15, 0.2) is 0 Å². The quantitative estimate of drug-likeness (QED) is 0.642. The lowest BCUT2D eigenvalue weighted by Gasteiger charge is -2.19. The molecule has 1 aromatic carbocycles. The molecule has 0 radical (unpaired) electrons. The minimum Gasteiger partial charge on any atom is -0.306 e. The number of thiophene rings is 1. The molecule has 1 atom stereocenters. The van der Waals surface area contributed by atoms with E-state index in [9.17, 15) is 0 Å². The molecule has 0 fully saturated rings. The minimum absolute atomic E-state index is 0.160. The molecule has 0 aliphatic heterocycles. The Labute approximate surface area is 139 Å². The summed E-state index contributed by atoms with van der Waals surface area (Å²) in [6, 6.07) is 8.52. The monoisotopic (exact) mass is 421 g/mol. The predicted molar refractivity (Wildman–Crippen MR) is 91.4 cm³/mol. The van der Waals surface area contributed by atoms with Gasteiger partial charge in [0.25, 0.3) is 0 Å². The Morgan fingerprint density at radius 2 is 2.11 bits per heavy atom. The molecule has 1 aromatic heterocycles. The summed E-state index contributed by atoms with van der Waals surface area (Å²) in [5.41, 5.74) is 2.48. The lowest BCUT2D eigenvalue weighted by molar-refractivity contribution is 0.637. The zero-order valence-corrected chi connectivity index (χ0v) is 15.4. The lowest BCUT2D eigenvalue weighted by atomic mass is 10.0. The van der Waals surface area contributed by atoms with Crippen molar-refractivity contribution in [3.63, 3.8) is 0 Å². The highest BCUT2D eigenvalue weighted by molar-refractivity contribution is 9.11. The van der Waals surface area contributed by atoms with Gasteiger partial charge in [-0.05, 0) is 46.6 Å². The molecule has 1 N–H and O–H groups in total. The van der Waals surface area contributed by atoms with Crippen LogP contribution in [0.15, 0.2) is 32.5 Å². The van der Waals surface area contributed by atoms with Crippen molar-refractivity contribution in [2.45, 2.75) is 19.9 Å². The van der Waals surface area contributed by atoms with Gasteiger partial charge < -0.3 is 5.32 Å². The van der Waals surface area contributed by atoms with Gasteiger partial charge in [0.05, 0.1) is 14.9 Å². The molecule has 0 saturated heterocycles. The second-order valence-corrected chi connectivity index (χ2v) is 7.84. The molecule has 0 amide bonds. The summed E-state index contributed by atoms with van der Waals surface area (Å²) in [5, 5.41) is 4.29. The molecule has 1 heterocycles. The van der Waals surface area contributed by atoms with Gasteiger partial charge in [0.1, 0.15) is 0 Å². The van der Waals surface area contributed by atoms with Crippen LogP contribution < -0.4 is 5.32 Å². The summed E-state index contributed by atoms with van der Waals surface area (Å²) in [4.78, 5) is 1.21. The smallest absolute Gasteiger partial charge is 0.0888 e. The molecule has 0 aliphatic rings. The molecule has 102 valence electrons. The van der Waals surface area contributed by atoms with Gasteiger partial charge in [0, 0.05) is 9.35 Å². The van der Waals surface area contributed by atoms with E-state index in [1.807, 2.05) is 6.07 Å². The van der Waals surface area contributed by atoms with Crippen molar-refractivity contribution in [2.75, 3.05) is 6.54 Å². The molecular weight excluding hydrogens is 409 g/mol. The van der Waals surface area contributed by atoms with Crippen LogP contribution in [-0.2, 0) is 0 Å². The van der Waals surface area contributed by atoms with E-state index in [1.165, 1.54) is 16.0 Å². The summed E-state index contributed by atoms with van der Waals surface area (Å²) in [6.07, 6.45) is 0. The first kappa shape index (κ1) is 15.5. The maximum Gasteiger partial charge on any atom is 0.0888 e. The van der Waals surface area contributed by atoms with Gasteiger partial charge in [-0.25, -0.2) is 0 Å². The van der Waals surface area contributed by atoms with E-state index in [0.29, 0.717) is 0 Å². The fourth-order valence-corrected chi connectivity index (χ4v) is 4.30. The van der Waals surface area contributed by atoms with Crippen LogP contribution in [0.5, 0.6) is 0 Å². The number of rotatable bonds is 4. The molecule has 19 heavy (non-hydrogen) atoms. The number of aryl methyl sites for hydroxylation is 1. The van der Waals surface area contributed by atoms with Crippen molar-refractivity contribution in [2.24, 2.45) is 0 Å². The normalized spacial score (nSPS) is 12.7. The first-order valence-electron chi connectivity index (χ1n) is 5.97. The van der Waals surface area contributed by atoms with Crippen molar-refractivity contribution >= 4 is 54.8 Å². The third kappa shape index (κ3) is 3.42. The SMILES string of the molecule is CCNC(c1cc(Cl)c(Br)s1)c1cccc(C)c1Br.